The highest BCUT2D eigenvalue weighted by Gasteiger charge is 2.25. The Morgan fingerprint density at radius 3 is 2.55 bits per heavy atom. The van der Waals surface area contributed by atoms with Gasteiger partial charge in [-0.05, 0) is 86.6 Å². The van der Waals surface area contributed by atoms with Crippen molar-refractivity contribution in [3.63, 3.8) is 0 Å². The zero-order valence-electron chi connectivity index (χ0n) is 19.1. The highest BCUT2D eigenvalue weighted by molar-refractivity contribution is 5.94. The molecule has 2 aliphatic rings. The molecule has 1 N–H and O–H groups in total. The zero-order valence-corrected chi connectivity index (χ0v) is 19.1. The summed E-state index contributed by atoms with van der Waals surface area (Å²) in [5.41, 5.74) is 5.24. The quantitative estimate of drug-likeness (QED) is 0.613. The molecule has 0 atom stereocenters. The number of amides is 2. The largest absolute Gasteiger partial charge is 0.494 e. The topological polar surface area (TPSA) is 71.8 Å². The summed E-state index contributed by atoms with van der Waals surface area (Å²) in [6.45, 7) is 3.81. The van der Waals surface area contributed by atoms with E-state index in [1.807, 2.05) is 36.1 Å². The lowest BCUT2D eigenvalue weighted by molar-refractivity contribution is -0.121. The van der Waals surface area contributed by atoms with E-state index >= 15 is 0 Å². The van der Waals surface area contributed by atoms with Crippen molar-refractivity contribution in [2.45, 2.75) is 51.5 Å². The van der Waals surface area contributed by atoms with E-state index in [9.17, 15) is 9.59 Å². The Morgan fingerprint density at radius 2 is 1.82 bits per heavy atom. The summed E-state index contributed by atoms with van der Waals surface area (Å²) in [7, 11) is 0. The number of fused-ring (bicyclic) bond motifs is 2. The molecule has 0 unspecified atom stereocenters. The Hall–Kier alpha value is -3.28. The molecule has 1 aromatic heterocycles. The number of nitrogens with zero attached hydrogens (tertiary/aromatic N) is 1. The predicted octanol–water partition coefficient (Wildman–Crippen LogP) is 4.28. The first kappa shape index (κ1) is 21.6. The maximum atomic E-state index is 12.8. The normalized spacial score (nSPS) is 16.1. The number of hydrogen-bond acceptors (Lipinski definition) is 4. The fourth-order valence-electron chi connectivity index (χ4n) is 5.01. The second kappa shape index (κ2) is 9.30. The van der Waals surface area contributed by atoms with Crippen molar-refractivity contribution in [1.82, 2.24) is 10.2 Å². The van der Waals surface area contributed by atoms with Crippen molar-refractivity contribution in [2.75, 3.05) is 19.7 Å². The van der Waals surface area contributed by atoms with Crippen LogP contribution < -0.4 is 10.1 Å². The van der Waals surface area contributed by atoms with E-state index in [-0.39, 0.29) is 17.9 Å². The third-order valence-electron chi connectivity index (χ3n) is 6.78. The molecule has 1 saturated heterocycles. The van der Waals surface area contributed by atoms with Gasteiger partial charge in [0.15, 0.2) is 0 Å². The molecule has 0 bridgehead atoms. The van der Waals surface area contributed by atoms with Gasteiger partial charge in [0, 0.05) is 35.6 Å². The first-order chi connectivity index (χ1) is 16.1. The van der Waals surface area contributed by atoms with Crippen LogP contribution in [0.5, 0.6) is 5.75 Å². The van der Waals surface area contributed by atoms with Crippen molar-refractivity contribution in [3.05, 3.63) is 64.9 Å². The van der Waals surface area contributed by atoms with Gasteiger partial charge in [0.05, 0.1) is 19.3 Å². The Labute approximate surface area is 193 Å². The van der Waals surface area contributed by atoms with Crippen LogP contribution in [0.3, 0.4) is 0 Å². The minimum atomic E-state index is 0.00879. The average Bonchev–Trinajstić information content (AvgIpc) is 3.45. The third kappa shape index (κ3) is 4.61. The van der Waals surface area contributed by atoms with Gasteiger partial charge in [0.1, 0.15) is 11.3 Å². The van der Waals surface area contributed by atoms with Gasteiger partial charge in [-0.25, -0.2) is 0 Å². The maximum absolute atomic E-state index is 12.8. The number of furan rings is 1. The smallest absolute Gasteiger partial charge is 0.253 e. The summed E-state index contributed by atoms with van der Waals surface area (Å²) in [5, 5.41) is 4.22. The molecule has 2 amide bonds. The molecule has 0 saturated carbocycles. The van der Waals surface area contributed by atoms with Gasteiger partial charge >= 0.3 is 0 Å². The van der Waals surface area contributed by atoms with E-state index < -0.39 is 0 Å². The van der Waals surface area contributed by atoms with Crippen LogP contribution in [0.1, 0.15) is 53.2 Å². The van der Waals surface area contributed by atoms with Crippen LogP contribution in [0.4, 0.5) is 0 Å². The fraction of sp³-hybridized carbons (Fsp3) is 0.407. The summed E-state index contributed by atoms with van der Waals surface area (Å²) < 4.78 is 11.2. The molecule has 2 heterocycles. The van der Waals surface area contributed by atoms with E-state index in [1.165, 1.54) is 17.5 Å². The van der Waals surface area contributed by atoms with E-state index in [4.69, 9.17) is 9.15 Å². The molecule has 0 spiro atoms. The number of rotatable bonds is 6. The Balaban J connectivity index is 1.14. The molecule has 6 nitrogen and oxygen atoms in total. The highest BCUT2D eigenvalue weighted by atomic mass is 16.5. The molecule has 3 aromatic rings. The van der Waals surface area contributed by atoms with Crippen LogP contribution in [0.25, 0.3) is 11.0 Å². The van der Waals surface area contributed by atoms with Crippen LogP contribution in [-0.2, 0) is 24.1 Å². The molecule has 172 valence electrons. The number of hydrogen-bond donors (Lipinski definition) is 1. The van der Waals surface area contributed by atoms with Crippen molar-refractivity contribution in [2.24, 2.45) is 0 Å². The molecule has 1 aliphatic heterocycles. The number of carbonyl (C=O) groups excluding carboxylic acids is 2. The van der Waals surface area contributed by atoms with Crippen molar-refractivity contribution in [3.8, 4) is 5.75 Å². The molecule has 33 heavy (non-hydrogen) atoms. The fourth-order valence-corrected chi connectivity index (χ4v) is 5.01. The lowest BCUT2D eigenvalue weighted by Gasteiger charge is -2.32. The first-order valence-corrected chi connectivity index (χ1v) is 11.9. The first-order valence-electron chi connectivity index (χ1n) is 11.9. The van der Waals surface area contributed by atoms with Crippen molar-refractivity contribution in [1.29, 1.82) is 0 Å². The standard InChI is InChI=1S/C27H30N2O4/c1-2-32-23-8-6-18(7-9-23)27(31)29-12-10-22(11-13-29)28-26(30)16-21-17-33-25-15-20-5-3-4-19(20)14-24(21)25/h6-9,14-15,17,22H,2-5,10-13,16H2,1H3,(H,28,30). The summed E-state index contributed by atoms with van der Waals surface area (Å²) in [5.74, 6) is 0.806. The number of nitrogens with one attached hydrogen (secondary N) is 1. The van der Waals surface area contributed by atoms with E-state index in [0.717, 1.165) is 48.0 Å². The molecular weight excluding hydrogens is 416 g/mol. The lowest BCUT2D eigenvalue weighted by atomic mass is 10.0. The van der Waals surface area contributed by atoms with Gasteiger partial charge in [-0.1, -0.05) is 0 Å². The molecule has 1 aliphatic carbocycles. The van der Waals surface area contributed by atoms with Crippen LogP contribution >= 0.6 is 0 Å². The van der Waals surface area contributed by atoms with Gasteiger partial charge in [-0.3, -0.25) is 9.59 Å². The summed E-state index contributed by atoms with van der Waals surface area (Å²) in [6.07, 6.45) is 6.96. The molecule has 2 aromatic carbocycles. The number of aryl methyl sites for hydroxylation is 2. The lowest BCUT2D eigenvalue weighted by Crippen LogP contribution is -2.46. The van der Waals surface area contributed by atoms with Crippen LogP contribution in [0.2, 0.25) is 0 Å². The number of ether oxygens (including phenoxy) is 1. The molecular formula is C27H30N2O4. The average molecular weight is 447 g/mol. The van der Waals surface area contributed by atoms with Gasteiger partial charge in [-0.15, -0.1) is 0 Å². The van der Waals surface area contributed by atoms with Gasteiger partial charge < -0.3 is 19.4 Å². The van der Waals surface area contributed by atoms with Gasteiger partial charge in [0.2, 0.25) is 5.91 Å². The number of piperidine rings is 1. The number of likely N-dealkylation sites (tertiary alicyclic amines) is 1. The van der Waals surface area contributed by atoms with E-state index in [2.05, 4.69) is 17.4 Å². The summed E-state index contributed by atoms with van der Waals surface area (Å²) in [6, 6.07) is 11.7. The van der Waals surface area contributed by atoms with Crippen LogP contribution in [-0.4, -0.2) is 42.5 Å². The third-order valence-corrected chi connectivity index (χ3v) is 6.78. The summed E-state index contributed by atoms with van der Waals surface area (Å²) in [4.78, 5) is 27.4. The maximum Gasteiger partial charge on any atom is 0.253 e. The molecule has 5 rings (SSSR count). The highest BCUT2D eigenvalue weighted by Crippen LogP contribution is 2.30. The van der Waals surface area contributed by atoms with E-state index in [1.54, 1.807) is 6.26 Å². The minimum Gasteiger partial charge on any atom is -0.494 e. The van der Waals surface area contributed by atoms with Crippen LogP contribution in [0, 0.1) is 0 Å². The molecule has 6 heteroatoms. The Kier molecular flexibility index (Phi) is 6.07. The van der Waals surface area contributed by atoms with Gasteiger partial charge in [-0.2, -0.15) is 0 Å². The predicted molar refractivity (Wildman–Crippen MR) is 127 cm³/mol. The second-order valence-corrected chi connectivity index (χ2v) is 9.00. The summed E-state index contributed by atoms with van der Waals surface area (Å²) >= 11 is 0. The minimum absolute atomic E-state index is 0.00879. The van der Waals surface area contributed by atoms with Crippen molar-refractivity contribution >= 4 is 22.8 Å². The molecule has 1 fully saturated rings. The number of benzene rings is 2. The van der Waals surface area contributed by atoms with E-state index in [0.29, 0.717) is 31.7 Å². The molecule has 0 radical (unpaired) electrons. The second-order valence-electron chi connectivity index (χ2n) is 9.00. The zero-order chi connectivity index (χ0) is 22.8. The van der Waals surface area contributed by atoms with Crippen molar-refractivity contribution < 1.29 is 18.7 Å². The Bertz CT molecular complexity index is 1160. The van der Waals surface area contributed by atoms with Gasteiger partial charge in [0.25, 0.3) is 5.91 Å². The van der Waals surface area contributed by atoms with Crippen LogP contribution in [0.15, 0.2) is 47.1 Å². The SMILES string of the molecule is CCOc1ccc(C(=O)N2CCC(NC(=O)Cc3coc4cc5c(cc34)CCC5)CC2)cc1. The monoisotopic (exact) mass is 446 g/mol. The number of carbonyl (C=O) groups is 2. The Morgan fingerprint density at radius 1 is 1.09 bits per heavy atom.